The van der Waals surface area contributed by atoms with Gasteiger partial charge >= 0.3 is 0 Å². The molecule has 9 heavy (non-hydrogen) atoms. The molecule has 0 N–H and O–H groups in total. The third kappa shape index (κ3) is 0.342. The Kier molecular flexibility index (Phi) is 0.574. The Morgan fingerprint density at radius 1 is 1.22 bits per heavy atom. The van der Waals surface area contributed by atoms with Crippen LogP contribution in [0.4, 0.5) is 0 Å². The average molecular weight is 122 g/mol. The second kappa shape index (κ2) is 1.09. The molecule has 4 atom stereocenters. The van der Waals surface area contributed by atoms with E-state index in [-0.39, 0.29) is 0 Å². The Morgan fingerprint density at radius 2 is 2.11 bits per heavy atom. The van der Waals surface area contributed by atoms with E-state index in [0.29, 0.717) is 0 Å². The van der Waals surface area contributed by atoms with Gasteiger partial charge < -0.3 is 0 Å². The molecular formula is C9H14. The first-order valence-corrected chi connectivity index (χ1v) is 4.33. The van der Waals surface area contributed by atoms with Gasteiger partial charge in [-0.25, -0.2) is 0 Å². The van der Waals surface area contributed by atoms with Crippen LogP contribution in [0.3, 0.4) is 0 Å². The lowest BCUT2D eigenvalue weighted by Gasteiger charge is -2.41. The van der Waals surface area contributed by atoms with Gasteiger partial charge in [0, 0.05) is 0 Å². The largest absolute Gasteiger partial charge is 0.0622 e. The van der Waals surface area contributed by atoms with Gasteiger partial charge in [-0.2, -0.15) is 0 Å². The number of rotatable bonds is 0. The minimum atomic E-state index is 0.972. The van der Waals surface area contributed by atoms with Gasteiger partial charge in [0.25, 0.3) is 0 Å². The summed E-state index contributed by atoms with van der Waals surface area (Å²) < 4.78 is 0. The minimum absolute atomic E-state index is 0.972. The molecule has 0 aromatic carbocycles. The Bertz CT molecular complexity index is 159. The van der Waals surface area contributed by atoms with E-state index in [1.807, 2.05) is 0 Å². The fourth-order valence-electron chi connectivity index (χ4n) is 3.75. The molecule has 1 spiro atoms. The maximum Gasteiger partial charge on any atom is -0.0233 e. The Hall–Kier alpha value is 0. The molecule has 3 aliphatic carbocycles. The second-order valence-corrected chi connectivity index (χ2v) is 4.50. The highest BCUT2D eigenvalue weighted by molar-refractivity contribution is 5.18. The van der Waals surface area contributed by atoms with E-state index in [1.165, 1.54) is 11.8 Å². The Labute approximate surface area is 56.6 Å². The third-order valence-corrected chi connectivity index (χ3v) is 4.23. The number of hydrogen-bond donors (Lipinski definition) is 0. The van der Waals surface area contributed by atoms with Crippen molar-refractivity contribution < 1.29 is 0 Å². The average Bonchev–Trinajstić information content (AvgIpc) is 2.41. The molecule has 0 aromatic rings. The number of hydrogen-bond acceptors (Lipinski definition) is 0. The van der Waals surface area contributed by atoms with Gasteiger partial charge in [-0.15, -0.1) is 0 Å². The van der Waals surface area contributed by atoms with Gasteiger partial charge in [0.15, 0.2) is 0 Å². The molecule has 0 aliphatic heterocycles. The summed E-state index contributed by atoms with van der Waals surface area (Å²) in [6, 6.07) is 0. The smallest absolute Gasteiger partial charge is 0.0233 e. The monoisotopic (exact) mass is 122 g/mol. The van der Waals surface area contributed by atoms with E-state index in [1.54, 1.807) is 25.7 Å². The first kappa shape index (κ1) is 4.76. The lowest BCUT2D eigenvalue weighted by molar-refractivity contribution is 0.0753. The highest BCUT2D eigenvalue weighted by atomic mass is 14.7. The summed E-state index contributed by atoms with van der Waals surface area (Å²) in [5.41, 5.74) is 0.972. The normalized spacial score (nSPS) is 68.3. The summed E-state index contributed by atoms with van der Waals surface area (Å²) in [7, 11) is 0. The molecule has 0 bridgehead atoms. The van der Waals surface area contributed by atoms with Crippen LogP contribution in [0.1, 0.15) is 32.6 Å². The van der Waals surface area contributed by atoms with Crippen molar-refractivity contribution in [3.8, 4) is 0 Å². The molecule has 3 fully saturated rings. The Morgan fingerprint density at radius 3 is 2.56 bits per heavy atom. The second-order valence-electron chi connectivity index (χ2n) is 4.50. The Balaban J connectivity index is 1.94. The summed E-state index contributed by atoms with van der Waals surface area (Å²) in [4.78, 5) is 0. The van der Waals surface area contributed by atoms with Gasteiger partial charge in [0.1, 0.15) is 0 Å². The molecule has 0 aromatic heterocycles. The zero-order chi connectivity index (χ0) is 6.06. The van der Waals surface area contributed by atoms with E-state index >= 15 is 0 Å². The van der Waals surface area contributed by atoms with Gasteiger partial charge in [0.2, 0.25) is 0 Å². The van der Waals surface area contributed by atoms with Crippen LogP contribution < -0.4 is 0 Å². The van der Waals surface area contributed by atoms with Crippen molar-refractivity contribution in [2.45, 2.75) is 32.6 Å². The maximum atomic E-state index is 2.44. The summed E-state index contributed by atoms with van der Waals surface area (Å²) in [6.07, 6.45) is 6.35. The van der Waals surface area contributed by atoms with E-state index < -0.39 is 0 Å². The molecule has 0 heteroatoms. The summed E-state index contributed by atoms with van der Waals surface area (Å²) in [5.74, 6) is 3.48. The molecule has 3 unspecified atom stereocenters. The van der Waals surface area contributed by atoms with Crippen molar-refractivity contribution in [2.24, 2.45) is 23.2 Å². The van der Waals surface area contributed by atoms with Gasteiger partial charge in [0.05, 0.1) is 0 Å². The fourth-order valence-corrected chi connectivity index (χ4v) is 3.75. The van der Waals surface area contributed by atoms with E-state index in [2.05, 4.69) is 6.92 Å². The van der Waals surface area contributed by atoms with Crippen LogP contribution in [0.5, 0.6) is 0 Å². The SMILES string of the molecule is CC1CC23C[C@@H]2CCC13. The van der Waals surface area contributed by atoms with Crippen LogP contribution in [-0.4, -0.2) is 0 Å². The van der Waals surface area contributed by atoms with Gasteiger partial charge in [-0.1, -0.05) is 6.92 Å². The van der Waals surface area contributed by atoms with Crippen molar-refractivity contribution in [3.05, 3.63) is 0 Å². The minimum Gasteiger partial charge on any atom is -0.0622 e. The van der Waals surface area contributed by atoms with Gasteiger partial charge in [-0.3, -0.25) is 0 Å². The molecule has 0 radical (unpaired) electrons. The van der Waals surface area contributed by atoms with Crippen LogP contribution in [0.15, 0.2) is 0 Å². The molecule has 0 amide bonds. The quantitative estimate of drug-likeness (QED) is 0.463. The van der Waals surface area contributed by atoms with Crippen LogP contribution in [0, 0.1) is 23.2 Å². The predicted octanol–water partition coefficient (Wildman–Crippen LogP) is 2.44. The topological polar surface area (TPSA) is 0 Å². The molecule has 3 aliphatic rings. The summed E-state index contributed by atoms with van der Waals surface area (Å²) >= 11 is 0. The highest BCUT2D eigenvalue weighted by Gasteiger charge is 2.69. The van der Waals surface area contributed by atoms with Crippen molar-refractivity contribution in [2.75, 3.05) is 0 Å². The van der Waals surface area contributed by atoms with E-state index in [9.17, 15) is 0 Å². The molecule has 50 valence electrons. The van der Waals surface area contributed by atoms with Crippen LogP contribution >= 0.6 is 0 Å². The van der Waals surface area contributed by atoms with Crippen molar-refractivity contribution in [1.82, 2.24) is 0 Å². The van der Waals surface area contributed by atoms with Crippen LogP contribution in [0.25, 0.3) is 0 Å². The zero-order valence-electron chi connectivity index (χ0n) is 6.06. The van der Waals surface area contributed by atoms with E-state index in [4.69, 9.17) is 0 Å². The fraction of sp³-hybridized carbons (Fsp3) is 1.00. The highest BCUT2D eigenvalue weighted by Crippen LogP contribution is 2.77. The van der Waals surface area contributed by atoms with Crippen molar-refractivity contribution in [3.63, 3.8) is 0 Å². The zero-order valence-corrected chi connectivity index (χ0v) is 6.06. The standard InChI is InChI=1S/C9H14/c1-6-4-9-5-7(9)2-3-8(6)9/h6-8H,2-5H2,1H3/t6?,7-,8?,9?/m0/s1. The van der Waals surface area contributed by atoms with Gasteiger partial charge in [-0.05, 0) is 48.9 Å². The maximum absolute atomic E-state index is 2.44. The first-order valence-electron chi connectivity index (χ1n) is 4.33. The first-order chi connectivity index (χ1) is 4.33. The van der Waals surface area contributed by atoms with Crippen LogP contribution in [0.2, 0.25) is 0 Å². The van der Waals surface area contributed by atoms with Crippen molar-refractivity contribution in [1.29, 1.82) is 0 Å². The van der Waals surface area contributed by atoms with E-state index in [0.717, 1.165) is 11.3 Å². The molecule has 3 rings (SSSR count). The molecule has 3 saturated carbocycles. The van der Waals surface area contributed by atoms with Crippen LogP contribution in [-0.2, 0) is 0 Å². The molecular weight excluding hydrogens is 108 g/mol. The van der Waals surface area contributed by atoms with Crippen molar-refractivity contribution >= 4 is 0 Å². The predicted molar refractivity (Wildman–Crippen MR) is 37.0 cm³/mol. The molecule has 0 heterocycles. The third-order valence-electron chi connectivity index (χ3n) is 4.23. The lowest BCUT2D eigenvalue weighted by Crippen LogP contribution is -2.34. The molecule has 0 nitrogen and oxygen atoms in total. The summed E-state index contributed by atoms with van der Waals surface area (Å²) in [6.45, 7) is 2.44. The summed E-state index contributed by atoms with van der Waals surface area (Å²) in [5, 5.41) is 0. The molecule has 0 saturated heterocycles. The lowest BCUT2D eigenvalue weighted by atomic mass is 9.63.